The molecule has 128 valence electrons. The average Bonchev–Trinajstić information content (AvgIpc) is 2.81. The molecule has 2 rings (SSSR count). The lowest BCUT2D eigenvalue weighted by atomic mass is 10.0. The summed E-state index contributed by atoms with van der Waals surface area (Å²) in [4.78, 5) is 25.3. The number of amides is 1. The van der Waals surface area contributed by atoms with Crippen LogP contribution in [0, 0.1) is 6.92 Å². The third kappa shape index (κ3) is 4.14. The molecule has 1 aromatic heterocycles. The molecule has 1 N–H and O–H groups in total. The van der Waals surface area contributed by atoms with Crippen LogP contribution in [0.1, 0.15) is 36.0 Å². The van der Waals surface area contributed by atoms with Crippen LogP contribution in [0.25, 0.3) is 11.1 Å². The van der Waals surface area contributed by atoms with Gasteiger partial charge in [0.05, 0.1) is 7.11 Å². The first-order chi connectivity index (χ1) is 11.2. The van der Waals surface area contributed by atoms with Gasteiger partial charge in [-0.15, -0.1) is 11.3 Å². The molecule has 24 heavy (non-hydrogen) atoms. The van der Waals surface area contributed by atoms with Crippen LogP contribution >= 0.6 is 11.3 Å². The smallest absolute Gasteiger partial charge is 0.412 e. The predicted molar refractivity (Wildman–Crippen MR) is 95.7 cm³/mol. The molecule has 2 aromatic rings. The number of thiophene rings is 1. The fourth-order valence-corrected chi connectivity index (χ4v) is 3.33. The maximum atomic E-state index is 12.3. The Morgan fingerprint density at radius 2 is 1.75 bits per heavy atom. The Balaban J connectivity index is 2.46. The summed E-state index contributed by atoms with van der Waals surface area (Å²) < 4.78 is 10.2. The first-order valence-electron chi connectivity index (χ1n) is 7.50. The average molecular weight is 347 g/mol. The number of methoxy groups -OCH3 is 1. The fourth-order valence-electron chi connectivity index (χ4n) is 2.28. The number of ether oxygens (including phenoxy) is 2. The summed E-state index contributed by atoms with van der Waals surface area (Å²) in [5.41, 5.74) is 1.38. The van der Waals surface area contributed by atoms with Crippen LogP contribution in [0.4, 0.5) is 9.80 Å². The van der Waals surface area contributed by atoms with Crippen LogP contribution in [-0.4, -0.2) is 24.8 Å². The van der Waals surface area contributed by atoms with E-state index in [0.717, 1.165) is 16.0 Å². The number of nitrogens with one attached hydrogen (secondary N) is 1. The number of anilines is 1. The van der Waals surface area contributed by atoms with Crippen molar-refractivity contribution in [3.8, 4) is 11.1 Å². The van der Waals surface area contributed by atoms with Crippen molar-refractivity contribution in [1.82, 2.24) is 0 Å². The molecular formula is C18H21NO4S. The van der Waals surface area contributed by atoms with Gasteiger partial charge in [0.1, 0.15) is 16.2 Å². The Labute approximate surface area is 145 Å². The van der Waals surface area contributed by atoms with E-state index in [9.17, 15) is 9.59 Å². The summed E-state index contributed by atoms with van der Waals surface area (Å²) in [7, 11) is 1.32. The Kier molecular flexibility index (Phi) is 5.29. The van der Waals surface area contributed by atoms with Crippen LogP contribution in [0.5, 0.6) is 0 Å². The number of benzene rings is 1. The van der Waals surface area contributed by atoms with Gasteiger partial charge >= 0.3 is 12.1 Å². The minimum atomic E-state index is -0.621. The Morgan fingerprint density at radius 1 is 1.12 bits per heavy atom. The van der Waals surface area contributed by atoms with E-state index in [2.05, 4.69) is 5.32 Å². The highest BCUT2D eigenvalue weighted by molar-refractivity contribution is 7.17. The van der Waals surface area contributed by atoms with Gasteiger partial charge in [-0.25, -0.2) is 9.59 Å². The monoisotopic (exact) mass is 347 g/mol. The molecule has 5 nitrogen and oxygen atoms in total. The lowest BCUT2D eigenvalue weighted by Gasteiger charge is -2.19. The van der Waals surface area contributed by atoms with Gasteiger partial charge in [-0.2, -0.15) is 0 Å². The Hall–Kier alpha value is -2.34. The van der Waals surface area contributed by atoms with Crippen LogP contribution in [-0.2, 0) is 9.47 Å². The zero-order valence-electron chi connectivity index (χ0n) is 14.4. The highest BCUT2D eigenvalue weighted by atomic mass is 32.1. The van der Waals surface area contributed by atoms with E-state index in [-0.39, 0.29) is 0 Å². The quantitative estimate of drug-likeness (QED) is 0.806. The summed E-state index contributed by atoms with van der Waals surface area (Å²) in [5, 5.41) is 3.09. The van der Waals surface area contributed by atoms with Gasteiger partial charge in [0.25, 0.3) is 0 Å². The van der Waals surface area contributed by atoms with E-state index in [4.69, 9.17) is 9.47 Å². The van der Waals surface area contributed by atoms with Crippen molar-refractivity contribution in [2.75, 3.05) is 12.4 Å². The topological polar surface area (TPSA) is 64.6 Å². The van der Waals surface area contributed by atoms with Crippen molar-refractivity contribution in [3.05, 3.63) is 40.8 Å². The third-order valence-electron chi connectivity index (χ3n) is 3.15. The summed E-state index contributed by atoms with van der Waals surface area (Å²) >= 11 is 1.32. The van der Waals surface area contributed by atoms with E-state index in [1.807, 2.05) is 37.3 Å². The van der Waals surface area contributed by atoms with Crippen molar-refractivity contribution in [2.24, 2.45) is 0 Å². The molecule has 0 aliphatic heterocycles. The molecule has 0 atom stereocenters. The van der Waals surface area contributed by atoms with Gasteiger partial charge in [-0.1, -0.05) is 30.3 Å². The standard InChI is InChI=1S/C18H21NO4S/c1-11-13(12-9-7-6-8-10-12)14(16(20)22-5)15(24-11)19-17(21)23-18(2,3)4/h6-10H,1-5H3,(H,19,21). The van der Waals surface area contributed by atoms with Crippen LogP contribution in [0.3, 0.4) is 0 Å². The number of hydrogen-bond acceptors (Lipinski definition) is 5. The molecular weight excluding hydrogens is 326 g/mol. The van der Waals surface area contributed by atoms with Gasteiger partial charge in [-0.3, -0.25) is 5.32 Å². The number of hydrogen-bond donors (Lipinski definition) is 1. The number of carbonyl (C=O) groups excluding carboxylic acids is 2. The minimum absolute atomic E-state index is 0.344. The molecule has 1 aromatic carbocycles. The molecule has 0 spiro atoms. The van der Waals surface area contributed by atoms with E-state index in [1.54, 1.807) is 20.8 Å². The van der Waals surface area contributed by atoms with Crippen molar-refractivity contribution in [1.29, 1.82) is 0 Å². The molecule has 1 heterocycles. The molecule has 1 amide bonds. The third-order valence-corrected chi connectivity index (χ3v) is 4.17. The summed E-state index contributed by atoms with van der Waals surface area (Å²) in [5.74, 6) is -0.496. The van der Waals surface area contributed by atoms with Crippen LogP contribution < -0.4 is 5.32 Å². The summed E-state index contributed by atoms with van der Waals surface area (Å²) in [6, 6.07) is 9.53. The first kappa shape index (κ1) is 18.0. The molecule has 0 aliphatic rings. The van der Waals surface area contributed by atoms with Crippen molar-refractivity contribution in [2.45, 2.75) is 33.3 Å². The molecule has 0 saturated carbocycles. The molecule has 0 radical (unpaired) electrons. The highest BCUT2D eigenvalue weighted by Gasteiger charge is 2.26. The van der Waals surface area contributed by atoms with Gasteiger partial charge < -0.3 is 9.47 Å². The molecule has 6 heteroatoms. The zero-order valence-corrected chi connectivity index (χ0v) is 15.2. The normalized spacial score (nSPS) is 11.0. The number of carbonyl (C=O) groups is 2. The number of esters is 1. The lowest BCUT2D eigenvalue weighted by molar-refractivity contribution is 0.0603. The SMILES string of the molecule is COC(=O)c1c(NC(=O)OC(C)(C)C)sc(C)c1-c1ccccc1. The zero-order chi connectivity index (χ0) is 17.9. The van der Waals surface area contributed by atoms with E-state index < -0.39 is 17.7 Å². The predicted octanol–water partition coefficient (Wildman–Crippen LogP) is 4.86. The van der Waals surface area contributed by atoms with Gasteiger partial charge in [0.2, 0.25) is 0 Å². The molecule has 0 fully saturated rings. The molecule has 0 saturated heterocycles. The Morgan fingerprint density at radius 3 is 2.29 bits per heavy atom. The van der Waals surface area contributed by atoms with E-state index in [1.165, 1.54) is 18.4 Å². The second-order valence-corrected chi connectivity index (χ2v) is 7.45. The molecule has 0 unspecified atom stereocenters. The van der Waals surface area contributed by atoms with E-state index in [0.29, 0.717) is 10.6 Å². The number of aryl methyl sites for hydroxylation is 1. The second kappa shape index (κ2) is 7.05. The van der Waals surface area contributed by atoms with Crippen molar-refractivity contribution < 1.29 is 19.1 Å². The summed E-state index contributed by atoms with van der Waals surface area (Å²) in [6.07, 6.45) is -0.603. The lowest BCUT2D eigenvalue weighted by Crippen LogP contribution is -2.27. The first-order valence-corrected chi connectivity index (χ1v) is 8.31. The van der Waals surface area contributed by atoms with Crippen molar-refractivity contribution in [3.63, 3.8) is 0 Å². The maximum Gasteiger partial charge on any atom is 0.412 e. The van der Waals surface area contributed by atoms with Gasteiger partial charge in [0.15, 0.2) is 0 Å². The van der Waals surface area contributed by atoms with Crippen LogP contribution in [0.2, 0.25) is 0 Å². The van der Waals surface area contributed by atoms with Gasteiger partial charge in [0, 0.05) is 10.4 Å². The largest absolute Gasteiger partial charge is 0.465 e. The minimum Gasteiger partial charge on any atom is -0.465 e. The Bertz CT molecular complexity index is 744. The maximum absolute atomic E-state index is 12.3. The summed E-state index contributed by atoms with van der Waals surface area (Å²) in [6.45, 7) is 7.24. The molecule has 0 aliphatic carbocycles. The second-order valence-electron chi connectivity index (χ2n) is 6.22. The number of rotatable bonds is 3. The fraction of sp³-hybridized carbons (Fsp3) is 0.333. The molecule has 0 bridgehead atoms. The van der Waals surface area contributed by atoms with Gasteiger partial charge in [-0.05, 0) is 33.3 Å². The van der Waals surface area contributed by atoms with Crippen LogP contribution in [0.15, 0.2) is 30.3 Å². The van der Waals surface area contributed by atoms with Crippen molar-refractivity contribution >= 4 is 28.4 Å². The van der Waals surface area contributed by atoms with E-state index >= 15 is 0 Å². The highest BCUT2D eigenvalue weighted by Crippen LogP contribution is 2.40.